The van der Waals surface area contributed by atoms with Gasteiger partial charge in [-0.2, -0.15) is 8.75 Å². The van der Waals surface area contributed by atoms with Gasteiger partial charge in [0, 0.05) is 103 Å². The molecule has 1 aliphatic heterocycles. The Balaban J connectivity index is 0.000000269. The average Bonchev–Trinajstić information content (AvgIpc) is 3.43. The second-order valence-corrected chi connectivity index (χ2v) is 23.2. The fourth-order valence-electron chi connectivity index (χ4n) is 7.13. The molecule has 1 unspecified atom stereocenters. The zero-order chi connectivity index (χ0) is 58.7. The topological polar surface area (TPSA) is 181 Å². The first kappa shape index (κ1) is 64.1. The van der Waals surface area contributed by atoms with Crippen LogP contribution in [0, 0.1) is 34.9 Å². The Morgan fingerprint density at radius 2 is 1.19 bits per heavy atom. The van der Waals surface area contributed by atoms with Crippen molar-refractivity contribution < 1.29 is 88.5 Å². The minimum absolute atomic E-state index is 0. The Bertz CT molecular complexity index is 3580. The van der Waals surface area contributed by atoms with Crippen LogP contribution in [0.15, 0.2) is 131 Å². The van der Waals surface area contributed by atoms with E-state index in [9.17, 15) is 43.2 Å². The zero-order valence-electron chi connectivity index (χ0n) is 45.9. The molecule has 1 atom stereocenters. The van der Waals surface area contributed by atoms with Crippen LogP contribution >= 0.6 is 45.5 Å². The van der Waals surface area contributed by atoms with E-state index < -0.39 is 63.8 Å². The van der Waals surface area contributed by atoms with Crippen LogP contribution in [-0.2, 0) is 49.7 Å². The minimum atomic E-state index is -4.75. The molecule has 1 N–H and O–H groups in total. The van der Waals surface area contributed by atoms with Gasteiger partial charge in [0.2, 0.25) is 10.3 Å². The fourth-order valence-corrected chi connectivity index (χ4v) is 11.5. The molecule has 428 valence electrons. The third-order valence-corrected chi connectivity index (χ3v) is 16.6. The number of benzene rings is 6. The van der Waals surface area contributed by atoms with E-state index in [1.165, 1.54) is 37.7 Å². The van der Waals surface area contributed by atoms with Gasteiger partial charge in [0.05, 0.1) is 35.0 Å². The normalized spacial score (nSPS) is 12.9. The van der Waals surface area contributed by atoms with Gasteiger partial charge in [-0.1, -0.05) is 60.7 Å². The van der Waals surface area contributed by atoms with E-state index in [1.54, 1.807) is 44.2 Å². The van der Waals surface area contributed by atoms with Gasteiger partial charge >= 0.3 is 18.9 Å². The smallest absolute Gasteiger partial charge is 1.00 e. The molecular formula is C53H52ClF6LiN6O9S5. The van der Waals surface area contributed by atoms with Crippen molar-refractivity contribution in [2.45, 2.75) is 54.0 Å². The van der Waals surface area contributed by atoms with Crippen LogP contribution in [0.4, 0.5) is 36.6 Å². The number of sulfonamides is 1. The van der Waals surface area contributed by atoms with Crippen LogP contribution in [0.1, 0.15) is 49.5 Å². The standard InChI is InChI=1S/C24H20F3N3O4S2.C18H19N3O2S.C6H2ClF3O2S.C5H10OS.Li.H/c1-33-17-9-8-16(21(11-17)34-2)14-30(36(31,32)22-13-19(26)18(25)12-20(22)27)24-28-23(29-35-24)10-15-6-4-3-5-7-15;1-22-15-9-8-14(16(11-15)23-2)12-19-18-20-17(21-24-18)10-13-6-4-3-5-7-13;7-13(11,12)6-2-4(9)3(8)1-5(6)10;1-7-5-3-2-4-6-5;;/h3-9,11-13H,10,14H2,1-2H3;3-9,11H,10,12H2,1-2H3,(H,19,20,21);1-2H;5H,2-4H2,1H3;;/q;;;;+1;-1/i;;;1D;;. The number of rotatable bonds is 18. The number of anilines is 2. The molecule has 1 fully saturated rings. The first-order valence-corrected chi connectivity index (χ1v) is 29.8. The molecule has 0 saturated carbocycles. The molecule has 6 aromatic carbocycles. The molecule has 28 heteroatoms. The van der Waals surface area contributed by atoms with Gasteiger partial charge in [-0.25, -0.2) is 57.5 Å². The van der Waals surface area contributed by atoms with Crippen molar-refractivity contribution in [2.75, 3.05) is 50.9 Å². The van der Waals surface area contributed by atoms with Gasteiger partial charge in [0.1, 0.15) is 61.5 Å². The number of nitrogens with zero attached hydrogens (tertiary/aromatic N) is 5. The van der Waals surface area contributed by atoms with Crippen LogP contribution in [0.25, 0.3) is 0 Å². The summed E-state index contributed by atoms with van der Waals surface area (Å²) in [5.74, 6) is -5.30. The molecule has 2 aromatic heterocycles. The van der Waals surface area contributed by atoms with Crippen molar-refractivity contribution in [2.24, 2.45) is 0 Å². The summed E-state index contributed by atoms with van der Waals surface area (Å²) in [5.41, 5.74) is 3.88. The molecule has 81 heavy (non-hydrogen) atoms. The number of aromatic nitrogens is 4. The van der Waals surface area contributed by atoms with Crippen molar-refractivity contribution in [3.63, 3.8) is 0 Å². The summed E-state index contributed by atoms with van der Waals surface area (Å²) in [4.78, 5) is 6.78. The minimum Gasteiger partial charge on any atom is -1.00 e. The van der Waals surface area contributed by atoms with Gasteiger partial charge in [-0.05, 0) is 60.5 Å². The fraction of sp³-hybridized carbons (Fsp3) is 0.245. The molecule has 0 spiro atoms. The van der Waals surface area contributed by atoms with Crippen molar-refractivity contribution in [1.29, 1.82) is 0 Å². The van der Waals surface area contributed by atoms with E-state index in [0.29, 0.717) is 53.6 Å². The molecule has 0 aliphatic carbocycles. The zero-order valence-corrected chi connectivity index (χ0v) is 48.7. The van der Waals surface area contributed by atoms with Crippen LogP contribution in [-0.4, -0.2) is 82.3 Å². The van der Waals surface area contributed by atoms with Gasteiger partial charge in [0.25, 0.3) is 19.1 Å². The summed E-state index contributed by atoms with van der Waals surface area (Å²) >= 11 is 3.74. The maximum Gasteiger partial charge on any atom is 1.00 e. The van der Waals surface area contributed by atoms with E-state index in [-0.39, 0.29) is 50.2 Å². The third-order valence-electron chi connectivity index (χ3n) is 11.1. The van der Waals surface area contributed by atoms with Crippen molar-refractivity contribution >= 4 is 74.8 Å². The SMILES string of the molecule is COc1ccc(CN(c2nc(Cc3ccccc3)ns2)S(=O)(=O)c2cc(F)c(F)cc2F)c(OC)c1.COc1ccc(CNc2nc(Cc3ccccc3)ns2)c(OC)c1.O=S(=O)(Cl)c1cc(F)c(F)cc1F.[2H]CSC1CCCO1.[H-].[Li+]. The summed E-state index contributed by atoms with van der Waals surface area (Å²) in [6, 6.07) is 30.8. The Labute approximate surface area is 496 Å². The van der Waals surface area contributed by atoms with Gasteiger partial charge < -0.3 is 30.4 Å². The Morgan fingerprint density at radius 3 is 1.70 bits per heavy atom. The third kappa shape index (κ3) is 19.0. The largest absolute Gasteiger partial charge is 1.00 e. The number of halogens is 7. The average molecular weight is 1230 g/mol. The second-order valence-electron chi connectivity index (χ2n) is 16.5. The quantitative estimate of drug-likeness (QED) is 0.0371. The molecule has 3 heterocycles. The van der Waals surface area contributed by atoms with Crippen LogP contribution in [0.2, 0.25) is 0 Å². The van der Waals surface area contributed by atoms with E-state index >= 15 is 0 Å². The number of methoxy groups -OCH3 is 4. The van der Waals surface area contributed by atoms with E-state index in [2.05, 4.69) is 36.2 Å². The summed E-state index contributed by atoms with van der Waals surface area (Å²) < 4.78 is 170. The summed E-state index contributed by atoms with van der Waals surface area (Å²) in [5, 5.41) is 4.03. The summed E-state index contributed by atoms with van der Waals surface area (Å²) in [6.45, 7) is 1.17. The summed E-state index contributed by atoms with van der Waals surface area (Å²) in [7, 11) is 1.76. The maximum atomic E-state index is 14.6. The molecule has 1 saturated heterocycles. The van der Waals surface area contributed by atoms with Gasteiger partial charge in [0.15, 0.2) is 23.3 Å². The summed E-state index contributed by atoms with van der Waals surface area (Å²) in [6.07, 6.45) is 3.83. The van der Waals surface area contributed by atoms with Gasteiger partial charge in [-0.3, -0.25) is 0 Å². The Morgan fingerprint density at radius 1 is 0.679 bits per heavy atom. The van der Waals surface area contributed by atoms with Crippen molar-refractivity contribution in [1.82, 2.24) is 18.7 Å². The monoisotopic (exact) mass is 1230 g/mol. The van der Waals surface area contributed by atoms with Gasteiger partial charge in [-0.15, -0.1) is 11.8 Å². The molecule has 0 radical (unpaired) electrons. The Kier molecular flexibility index (Phi) is 24.8. The predicted octanol–water partition coefficient (Wildman–Crippen LogP) is 9.35. The van der Waals surface area contributed by atoms with Crippen LogP contribution in [0.3, 0.4) is 0 Å². The van der Waals surface area contributed by atoms with Crippen LogP contribution < -0.4 is 47.4 Å². The van der Waals surface area contributed by atoms with E-state index in [1.807, 2.05) is 66.7 Å². The number of thioether (sulfide) groups is 1. The van der Waals surface area contributed by atoms with Crippen molar-refractivity contribution in [3.05, 3.63) is 190 Å². The molecule has 15 nitrogen and oxygen atoms in total. The first-order valence-electron chi connectivity index (χ1n) is 24.1. The molecule has 0 amide bonds. The molecule has 1 aliphatic rings. The van der Waals surface area contributed by atoms with Crippen molar-refractivity contribution in [3.8, 4) is 23.0 Å². The molecule has 0 bridgehead atoms. The molecule has 8 aromatic rings. The molecule has 9 rings (SSSR count). The van der Waals surface area contributed by atoms with E-state index in [4.69, 9.17) is 35.7 Å². The predicted molar refractivity (Wildman–Crippen MR) is 297 cm³/mol. The van der Waals surface area contributed by atoms with Crippen LogP contribution in [0.5, 0.6) is 23.0 Å². The number of ether oxygens (including phenoxy) is 5. The molecular weight excluding hydrogens is 1180 g/mol. The van der Waals surface area contributed by atoms with E-state index in [0.717, 1.165) is 68.9 Å². The number of hydrogen-bond donors (Lipinski definition) is 1. The number of nitrogens with one attached hydrogen (secondary N) is 1. The first-order chi connectivity index (χ1) is 38.8. The second kappa shape index (κ2) is 31.4. The number of hydrogen-bond acceptors (Lipinski definition) is 17. The Hall–Kier alpha value is -6.08. The maximum absolute atomic E-state index is 14.6.